The molecule has 2 aromatic heterocycles. The van der Waals surface area contributed by atoms with E-state index >= 15 is 0 Å². The zero-order valence-electron chi connectivity index (χ0n) is 9.12. The molecule has 90 valence electrons. The van der Waals surface area contributed by atoms with Crippen molar-refractivity contribution in [2.24, 2.45) is 0 Å². The average molecular weight is 259 g/mol. The summed E-state index contributed by atoms with van der Waals surface area (Å²) >= 11 is 1.07. The molecule has 0 aliphatic carbocycles. The largest absolute Gasteiger partial charge is 0.549 e. The molecule has 0 atom stereocenters. The van der Waals surface area contributed by atoms with E-state index in [-0.39, 0.29) is 5.75 Å². The van der Waals surface area contributed by atoms with Gasteiger partial charge < -0.3 is 14.3 Å². The minimum atomic E-state index is -1.14. The summed E-state index contributed by atoms with van der Waals surface area (Å²) in [5, 5.41) is 11.9. The summed E-state index contributed by atoms with van der Waals surface area (Å²) in [6.45, 7) is 0. The SMILES string of the molecule is O=C([O-])CSc1ncnc2c1oc1ccccc12. The molecule has 0 aliphatic rings. The Bertz CT molecular complexity index is 738. The molecule has 0 aliphatic heterocycles. The molecule has 1 aromatic carbocycles. The van der Waals surface area contributed by atoms with Crippen LogP contribution in [0.15, 0.2) is 40.0 Å². The second-order valence-corrected chi connectivity index (χ2v) is 4.58. The summed E-state index contributed by atoms with van der Waals surface area (Å²) in [6, 6.07) is 7.51. The Labute approximate surface area is 106 Å². The lowest BCUT2D eigenvalue weighted by atomic mass is 10.2. The van der Waals surface area contributed by atoms with Crippen LogP contribution < -0.4 is 5.11 Å². The molecule has 0 amide bonds. The van der Waals surface area contributed by atoms with Gasteiger partial charge in [0.15, 0.2) is 5.58 Å². The van der Waals surface area contributed by atoms with Crippen molar-refractivity contribution in [1.29, 1.82) is 0 Å². The zero-order valence-corrected chi connectivity index (χ0v) is 9.94. The highest BCUT2D eigenvalue weighted by Gasteiger charge is 2.12. The van der Waals surface area contributed by atoms with Crippen molar-refractivity contribution in [2.75, 3.05) is 5.75 Å². The maximum absolute atomic E-state index is 10.5. The topological polar surface area (TPSA) is 79.0 Å². The molecule has 0 spiro atoms. The molecule has 2 heterocycles. The molecule has 0 unspecified atom stereocenters. The van der Waals surface area contributed by atoms with E-state index in [0.29, 0.717) is 21.7 Å². The van der Waals surface area contributed by atoms with Crippen molar-refractivity contribution in [1.82, 2.24) is 9.97 Å². The smallest absolute Gasteiger partial charge is 0.186 e. The highest BCUT2D eigenvalue weighted by atomic mass is 32.2. The number of aliphatic carboxylic acids is 1. The summed E-state index contributed by atoms with van der Waals surface area (Å²) < 4.78 is 5.66. The lowest BCUT2D eigenvalue weighted by molar-refractivity contribution is -0.301. The summed E-state index contributed by atoms with van der Waals surface area (Å²) in [4.78, 5) is 18.7. The Morgan fingerprint density at radius 3 is 3.00 bits per heavy atom. The number of benzene rings is 1. The van der Waals surface area contributed by atoms with Crippen LogP contribution in [-0.2, 0) is 4.79 Å². The average Bonchev–Trinajstić information content (AvgIpc) is 2.75. The van der Waals surface area contributed by atoms with Crippen LogP contribution in [0.2, 0.25) is 0 Å². The number of rotatable bonds is 3. The van der Waals surface area contributed by atoms with Gasteiger partial charge in [-0.2, -0.15) is 0 Å². The number of furan rings is 1. The monoisotopic (exact) mass is 259 g/mol. The normalized spacial score (nSPS) is 11.1. The molecular formula is C12H7N2O3S-. The number of fused-ring (bicyclic) bond motifs is 3. The fraction of sp³-hybridized carbons (Fsp3) is 0.0833. The van der Waals surface area contributed by atoms with E-state index in [0.717, 1.165) is 17.1 Å². The van der Waals surface area contributed by atoms with Crippen LogP contribution in [0.3, 0.4) is 0 Å². The van der Waals surface area contributed by atoms with Crippen molar-refractivity contribution in [3.05, 3.63) is 30.6 Å². The molecule has 0 N–H and O–H groups in total. The Morgan fingerprint density at radius 2 is 2.17 bits per heavy atom. The molecule has 3 aromatic rings. The summed E-state index contributed by atoms with van der Waals surface area (Å²) in [5.74, 6) is -1.30. The molecule has 0 radical (unpaired) electrons. The first kappa shape index (κ1) is 11.0. The zero-order chi connectivity index (χ0) is 12.5. The van der Waals surface area contributed by atoms with E-state index in [9.17, 15) is 9.90 Å². The number of carbonyl (C=O) groups is 1. The maximum Gasteiger partial charge on any atom is 0.186 e. The van der Waals surface area contributed by atoms with Crippen molar-refractivity contribution in [3.8, 4) is 0 Å². The maximum atomic E-state index is 10.5. The minimum absolute atomic E-state index is 0.164. The van der Waals surface area contributed by atoms with Crippen LogP contribution >= 0.6 is 11.8 Å². The molecule has 18 heavy (non-hydrogen) atoms. The summed E-state index contributed by atoms with van der Waals surface area (Å²) in [5.41, 5.74) is 1.93. The van der Waals surface area contributed by atoms with Gasteiger partial charge in [0.25, 0.3) is 0 Å². The van der Waals surface area contributed by atoms with Crippen LogP contribution in [-0.4, -0.2) is 21.7 Å². The van der Waals surface area contributed by atoms with Gasteiger partial charge in [0.2, 0.25) is 0 Å². The number of para-hydroxylation sites is 1. The Balaban J connectivity index is 2.18. The van der Waals surface area contributed by atoms with E-state index < -0.39 is 5.97 Å². The molecule has 3 rings (SSSR count). The lowest BCUT2D eigenvalue weighted by Gasteiger charge is -2.01. The number of aromatic nitrogens is 2. The third kappa shape index (κ3) is 1.80. The quantitative estimate of drug-likeness (QED) is 0.519. The number of hydrogen-bond donors (Lipinski definition) is 0. The molecule has 0 fully saturated rings. The summed E-state index contributed by atoms with van der Waals surface area (Å²) in [7, 11) is 0. The van der Waals surface area contributed by atoms with Crippen molar-refractivity contribution in [2.45, 2.75) is 5.03 Å². The van der Waals surface area contributed by atoms with Gasteiger partial charge >= 0.3 is 0 Å². The van der Waals surface area contributed by atoms with Crippen LogP contribution in [0.1, 0.15) is 0 Å². The first-order chi connectivity index (χ1) is 8.75. The van der Waals surface area contributed by atoms with Gasteiger partial charge in [0, 0.05) is 11.1 Å². The minimum Gasteiger partial charge on any atom is -0.549 e. The lowest BCUT2D eigenvalue weighted by Crippen LogP contribution is -2.24. The van der Waals surface area contributed by atoms with Gasteiger partial charge in [0.05, 0.1) is 5.97 Å². The van der Waals surface area contributed by atoms with E-state index in [1.165, 1.54) is 6.33 Å². The molecule has 6 heteroatoms. The van der Waals surface area contributed by atoms with Crippen LogP contribution in [0.25, 0.3) is 22.1 Å². The first-order valence-corrected chi connectivity index (χ1v) is 6.19. The highest BCUT2D eigenvalue weighted by molar-refractivity contribution is 8.00. The fourth-order valence-electron chi connectivity index (χ4n) is 1.73. The molecular weight excluding hydrogens is 252 g/mol. The molecule has 0 saturated carbocycles. The van der Waals surface area contributed by atoms with E-state index in [4.69, 9.17) is 4.42 Å². The number of carboxylic acids is 1. The van der Waals surface area contributed by atoms with Gasteiger partial charge in [-0.05, 0) is 12.1 Å². The van der Waals surface area contributed by atoms with E-state index in [1.807, 2.05) is 24.3 Å². The van der Waals surface area contributed by atoms with Crippen molar-refractivity contribution in [3.63, 3.8) is 0 Å². The first-order valence-electron chi connectivity index (χ1n) is 5.20. The Morgan fingerprint density at radius 1 is 1.33 bits per heavy atom. The van der Waals surface area contributed by atoms with Crippen molar-refractivity contribution < 1.29 is 14.3 Å². The van der Waals surface area contributed by atoms with Crippen LogP contribution in [0.4, 0.5) is 0 Å². The highest BCUT2D eigenvalue weighted by Crippen LogP contribution is 2.31. The van der Waals surface area contributed by atoms with E-state index in [2.05, 4.69) is 9.97 Å². The number of hydrogen-bond acceptors (Lipinski definition) is 6. The Hall–Kier alpha value is -2.08. The third-order valence-electron chi connectivity index (χ3n) is 2.45. The standard InChI is InChI=1S/C12H8N2O3S/c15-9(16)5-18-12-11-10(13-6-14-12)7-3-1-2-4-8(7)17-11/h1-4,6H,5H2,(H,15,16)/p-1. The van der Waals surface area contributed by atoms with E-state index in [1.54, 1.807) is 0 Å². The second kappa shape index (κ2) is 4.30. The van der Waals surface area contributed by atoms with Crippen molar-refractivity contribution >= 4 is 39.8 Å². The van der Waals surface area contributed by atoms with Crippen LogP contribution in [0.5, 0.6) is 0 Å². The van der Waals surface area contributed by atoms with Crippen LogP contribution in [0, 0.1) is 0 Å². The summed E-state index contributed by atoms with van der Waals surface area (Å²) in [6.07, 6.45) is 1.40. The van der Waals surface area contributed by atoms with Gasteiger partial charge in [-0.1, -0.05) is 23.9 Å². The van der Waals surface area contributed by atoms with Gasteiger partial charge in [-0.15, -0.1) is 0 Å². The second-order valence-electron chi connectivity index (χ2n) is 3.62. The predicted octanol–water partition coefficient (Wildman–Crippen LogP) is 1.22. The van der Waals surface area contributed by atoms with Gasteiger partial charge in [-0.25, -0.2) is 9.97 Å². The van der Waals surface area contributed by atoms with Gasteiger partial charge in [-0.3, -0.25) is 0 Å². The number of nitrogens with zero attached hydrogens (tertiary/aromatic N) is 2. The number of carbonyl (C=O) groups excluding carboxylic acids is 1. The van der Waals surface area contributed by atoms with Gasteiger partial charge in [0.1, 0.15) is 22.5 Å². The number of carboxylic acid groups (broad SMARTS) is 1. The molecule has 5 nitrogen and oxygen atoms in total. The number of thioether (sulfide) groups is 1. The molecule has 0 saturated heterocycles. The Kier molecular flexibility index (Phi) is 2.64. The molecule has 0 bridgehead atoms. The third-order valence-corrected chi connectivity index (χ3v) is 3.40. The fourth-order valence-corrected chi connectivity index (χ4v) is 2.38. The predicted molar refractivity (Wildman–Crippen MR) is 65.0 cm³/mol.